The first-order chi connectivity index (χ1) is 3.27. The van der Waals surface area contributed by atoms with Gasteiger partial charge in [0.2, 0.25) is 0 Å². The standard InChI is InChI=1S/C4H14N2Si/c1-4(2)6-5-3-7/h4-6H,3H2,1-2,7H3. The number of hydrazine groups is 1. The van der Waals surface area contributed by atoms with Gasteiger partial charge in [-0.05, 0) is 20.0 Å². The van der Waals surface area contributed by atoms with Crippen molar-refractivity contribution in [2.24, 2.45) is 0 Å². The van der Waals surface area contributed by atoms with Crippen LogP contribution in [0.25, 0.3) is 0 Å². The molecule has 0 aromatic heterocycles. The van der Waals surface area contributed by atoms with E-state index in [0.717, 1.165) is 6.17 Å². The minimum Gasteiger partial charge on any atom is -0.261 e. The zero-order chi connectivity index (χ0) is 5.70. The third kappa shape index (κ3) is 6.14. The SMILES string of the molecule is CC(C)NNC[SiH3]. The monoisotopic (exact) mass is 118 g/mol. The van der Waals surface area contributed by atoms with E-state index in [1.54, 1.807) is 0 Å². The topological polar surface area (TPSA) is 24.1 Å². The molecule has 2 nitrogen and oxygen atoms in total. The molecule has 7 heavy (non-hydrogen) atoms. The lowest BCUT2D eigenvalue weighted by Gasteiger charge is -2.05. The van der Waals surface area contributed by atoms with Crippen molar-refractivity contribution < 1.29 is 0 Å². The molecule has 0 rings (SSSR count). The van der Waals surface area contributed by atoms with Crippen molar-refractivity contribution >= 4 is 10.2 Å². The summed E-state index contributed by atoms with van der Waals surface area (Å²) < 4.78 is 0. The molecule has 0 aliphatic heterocycles. The molecule has 2 N–H and O–H groups in total. The van der Waals surface area contributed by atoms with Crippen LogP contribution in [0.15, 0.2) is 0 Å². The van der Waals surface area contributed by atoms with Crippen molar-refractivity contribution in [1.29, 1.82) is 0 Å². The van der Waals surface area contributed by atoms with Gasteiger partial charge in [-0.25, -0.2) is 0 Å². The third-order valence-electron chi connectivity index (χ3n) is 0.568. The summed E-state index contributed by atoms with van der Waals surface area (Å²) >= 11 is 0. The van der Waals surface area contributed by atoms with Gasteiger partial charge in [-0.2, -0.15) is 0 Å². The largest absolute Gasteiger partial charge is 0.261 e. The fraction of sp³-hybridized carbons (Fsp3) is 1.00. The summed E-state index contributed by atoms with van der Waals surface area (Å²) in [6.07, 6.45) is 1.12. The third-order valence-corrected chi connectivity index (χ3v) is 0.921. The summed E-state index contributed by atoms with van der Waals surface area (Å²) in [7, 11) is 1.22. The maximum atomic E-state index is 3.08. The van der Waals surface area contributed by atoms with Crippen molar-refractivity contribution in [2.45, 2.75) is 19.9 Å². The first-order valence-electron chi connectivity index (χ1n) is 2.75. The Morgan fingerprint density at radius 2 is 2.14 bits per heavy atom. The molecule has 0 radical (unpaired) electrons. The highest BCUT2D eigenvalue weighted by Crippen LogP contribution is 1.67. The molecular formula is C4H14N2Si. The average molecular weight is 118 g/mol. The molecular weight excluding hydrogens is 104 g/mol. The number of nitrogens with one attached hydrogen (secondary N) is 2. The van der Waals surface area contributed by atoms with E-state index < -0.39 is 0 Å². The van der Waals surface area contributed by atoms with E-state index in [0.29, 0.717) is 6.04 Å². The Morgan fingerprint density at radius 3 is 2.29 bits per heavy atom. The summed E-state index contributed by atoms with van der Waals surface area (Å²) in [6.45, 7) is 4.23. The molecule has 0 saturated carbocycles. The van der Waals surface area contributed by atoms with E-state index in [1.165, 1.54) is 10.2 Å². The molecule has 0 spiro atoms. The number of hydrogen-bond acceptors (Lipinski definition) is 2. The van der Waals surface area contributed by atoms with Gasteiger partial charge in [-0.15, -0.1) is 0 Å². The molecule has 0 bridgehead atoms. The highest BCUT2D eigenvalue weighted by molar-refractivity contribution is 6.08. The van der Waals surface area contributed by atoms with Gasteiger partial charge in [-0.3, -0.25) is 10.9 Å². The smallest absolute Gasteiger partial charge is 0.0220 e. The zero-order valence-corrected chi connectivity index (χ0v) is 7.28. The maximum Gasteiger partial charge on any atom is 0.0220 e. The van der Waals surface area contributed by atoms with Gasteiger partial charge in [0.25, 0.3) is 0 Å². The van der Waals surface area contributed by atoms with Crippen molar-refractivity contribution in [3.63, 3.8) is 0 Å². The molecule has 0 aliphatic carbocycles. The van der Waals surface area contributed by atoms with Crippen molar-refractivity contribution in [2.75, 3.05) is 6.17 Å². The lowest BCUT2D eigenvalue weighted by Crippen LogP contribution is -2.37. The Balaban J connectivity index is 2.68. The number of hydrogen-bond donors (Lipinski definition) is 2. The van der Waals surface area contributed by atoms with Gasteiger partial charge < -0.3 is 0 Å². The summed E-state index contributed by atoms with van der Waals surface area (Å²) in [6, 6.07) is 0.564. The Morgan fingerprint density at radius 1 is 1.57 bits per heavy atom. The minimum absolute atomic E-state index is 0.564. The summed E-state index contributed by atoms with van der Waals surface area (Å²) in [4.78, 5) is 0. The van der Waals surface area contributed by atoms with E-state index in [-0.39, 0.29) is 0 Å². The van der Waals surface area contributed by atoms with Crippen LogP contribution in [-0.2, 0) is 0 Å². The van der Waals surface area contributed by atoms with Crippen LogP contribution in [-0.4, -0.2) is 22.5 Å². The van der Waals surface area contributed by atoms with E-state index in [2.05, 4.69) is 24.7 Å². The molecule has 0 aromatic carbocycles. The second-order valence-corrected chi connectivity index (χ2v) is 2.54. The summed E-state index contributed by atoms with van der Waals surface area (Å²) in [5.74, 6) is 0. The molecule has 0 heterocycles. The van der Waals surface area contributed by atoms with Gasteiger partial charge in [0.15, 0.2) is 0 Å². The first kappa shape index (κ1) is 7.14. The summed E-state index contributed by atoms with van der Waals surface area (Å²) in [5, 5.41) is 0. The second kappa shape index (κ2) is 4.30. The Hall–Kier alpha value is 0.137. The Labute approximate surface area is 48.1 Å². The lowest BCUT2D eigenvalue weighted by atomic mass is 10.4. The quantitative estimate of drug-likeness (QED) is 0.360. The predicted octanol–water partition coefficient (Wildman–Crippen LogP) is -1.19. The van der Waals surface area contributed by atoms with Crippen LogP contribution in [0.5, 0.6) is 0 Å². The maximum absolute atomic E-state index is 3.08. The Bertz CT molecular complexity index is 38.7. The van der Waals surface area contributed by atoms with Crippen LogP contribution in [0.4, 0.5) is 0 Å². The van der Waals surface area contributed by atoms with Crippen molar-refractivity contribution in [1.82, 2.24) is 10.9 Å². The second-order valence-electron chi connectivity index (χ2n) is 1.83. The summed E-state index contributed by atoms with van der Waals surface area (Å²) in [5.41, 5.74) is 6.14. The van der Waals surface area contributed by atoms with Gasteiger partial charge >= 0.3 is 0 Å². The van der Waals surface area contributed by atoms with Gasteiger partial charge in [0.05, 0.1) is 0 Å². The predicted molar refractivity (Wildman–Crippen MR) is 36.2 cm³/mol. The molecule has 0 unspecified atom stereocenters. The minimum atomic E-state index is 0.564. The van der Waals surface area contributed by atoms with E-state index >= 15 is 0 Å². The highest BCUT2D eigenvalue weighted by Gasteiger charge is 1.84. The molecule has 0 atom stereocenters. The first-order valence-corrected chi connectivity index (χ1v) is 4.17. The zero-order valence-electron chi connectivity index (χ0n) is 5.28. The van der Waals surface area contributed by atoms with Crippen LogP contribution < -0.4 is 10.9 Å². The van der Waals surface area contributed by atoms with E-state index in [9.17, 15) is 0 Å². The number of rotatable bonds is 3. The molecule has 3 heteroatoms. The molecule has 0 saturated heterocycles. The normalized spacial score (nSPS) is 10.7. The van der Waals surface area contributed by atoms with Gasteiger partial charge in [-0.1, -0.05) is 0 Å². The van der Waals surface area contributed by atoms with Crippen LogP contribution in [0, 0.1) is 0 Å². The van der Waals surface area contributed by atoms with Crippen LogP contribution in [0.1, 0.15) is 13.8 Å². The Kier molecular flexibility index (Phi) is 4.38. The molecule has 44 valence electrons. The van der Waals surface area contributed by atoms with Crippen LogP contribution in [0.2, 0.25) is 0 Å². The van der Waals surface area contributed by atoms with Gasteiger partial charge in [0.1, 0.15) is 0 Å². The average Bonchev–Trinajstić information content (AvgIpc) is 1.61. The molecule has 0 aliphatic rings. The van der Waals surface area contributed by atoms with Crippen LogP contribution >= 0.6 is 0 Å². The van der Waals surface area contributed by atoms with Crippen molar-refractivity contribution in [3.8, 4) is 0 Å². The van der Waals surface area contributed by atoms with Gasteiger partial charge in [0, 0.05) is 16.3 Å². The fourth-order valence-corrected chi connectivity index (χ4v) is 0.510. The van der Waals surface area contributed by atoms with E-state index in [4.69, 9.17) is 0 Å². The molecule has 0 amide bonds. The van der Waals surface area contributed by atoms with E-state index in [1.807, 2.05) is 0 Å². The highest BCUT2D eigenvalue weighted by atomic mass is 28.1. The fourth-order valence-electron chi connectivity index (χ4n) is 0.306. The van der Waals surface area contributed by atoms with Crippen molar-refractivity contribution in [3.05, 3.63) is 0 Å². The molecule has 0 aromatic rings. The lowest BCUT2D eigenvalue weighted by molar-refractivity contribution is 0.508. The molecule has 0 fully saturated rings. The van der Waals surface area contributed by atoms with Crippen LogP contribution in [0.3, 0.4) is 0 Å².